The lowest BCUT2D eigenvalue weighted by molar-refractivity contribution is -0.131. The van der Waals surface area contributed by atoms with Crippen molar-refractivity contribution in [3.05, 3.63) is 29.8 Å². The minimum Gasteiger partial charge on any atom is -0.478 e. The largest absolute Gasteiger partial charge is 0.478 e. The maximum Gasteiger partial charge on any atom is 0.339 e. The van der Waals surface area contributed by atoms with Crippen LogP contribution in [0.5, 0.6) is 5.75 Å². The molecule has 4 heteroatoms. The molecular formula is C9H8O4. The molecule has 0 bridgehead atoms. The number of hydrogen-bond acceptors (Lipinski definition) is 3. The Hall–Kier alpha value is -1.84. The standard InChI is InChI=1S/C9H8O4/c1-6(10)13-8-5-3-2-4-7(8)9(11)12/h2-5H,1H3,(H,11,12)/i9+2. The summed E-state index contributed by atoms with van der Waals surface area (Å²) in [5, 5.41) is 8.69. The third-order valence-electron chi connectivity index (χ3n) is 1.37. The topological polar surface area (TPSA) is 63.6 Å². The second-order valence-corrected chi connectivity index (χ2v) is 2.39. The molecule has 4 nitrogen and oxygen atoms in total. The number of carboxylic acids is 1. The monoisotopic (exact) mass is 182 g/mol. The first kappa shape index (κ1) is 9.25. The number of ether oxygens (including phenoxy) is 1. The molecule has 0 radical (unpaired) electrons. The van der Waals surface area contributed by atoms with E-state index in [9.17, 15) is 9.59 Å². The summed E-state index contributed by atoms with van der Waals surface area (Å²) >= 11 is 0. The average Bonchev–Trinajstić information content (AvgIpc) is 2.03. The number of carboxylic acid groups (broad SMARTS) is 1. The van der Waals surface area contributed by atoms with Crippen molar-refractivity contribution in [2.45, 2.75) is 6.92 Å². The van der Waals surface area contributed by atoms with E-state index in [1.54, 1.807) is 12.1 Å². The zero-order chi connectivity index (χ0) is 9.84. The number of hydrogen-bond donors (Lipinski definition) is 1. The first-order valence-electron chi connectivity index (χ1n) is 3.62. The van der Waals surface area contributed by atoms with Crippen LogP contribution in [0.15, 0.2) is 24.3 Å². The Morgan fingerprint density at radius 3 is 2.62 bits per heavy atom. The summed E-state index contributed by atoms with van der Waals surface area (Å²) in [4.78, 5) is 21.2. The molecule has 0 aliphatic carbocycles. The van der Waals surface area contributed by atoms with Crippen LogP contribution in [0.2, 0.25) is 0 Å². The molecule has 0 amide bonds. The van der Waals surface area contributed by atoms with Crippen molar-refractivity contribution in [3.63, 3.8) is 0 Å². The SMILES string of the molecule is CC(=O)Oc1ccccc1[14C](=O)O. The summed E-state index contributed by atoms with van der Waals surface area (Å²) in [6.07, 6.45) is 0. The van der Waals surface area contributed by atoms with Crippen molar-refractivity contribution in [1.82, 2.24) is 0 Å². The molecule has 0 fully saturated rings. The fourth-order valence-electron chi connectivity index (χ4n) is 0.887. The number of para-hydroxylation sites is 1. The van der Waals surface area contributed by atoms with E-state index in [2.05, 4.69) is 4.74 Å². The molecule has 0 atom stereocenters. The highest BCUT2D eigenvalue weighted by Gasteiger charge is 2.10. The second-order valence-electron chi connectivity index (χ2n) is 2.39. The van der Waals surface area contributed by atoms with Gasteiger partial charge in [0, 0.05) is 6.92 Å². The van der Waals surface area contributed by atoms with Gasteiger partial charge in [-0.05, 0) is 12.1 Å². The number of carbonyl (C=O) groups is 2. The van der Waals surface area contributed by atoms with Crippen LogP contribution in [0.4, 0.5) is 0 Å². The van der Waals surface area contributed by atoms with E-state index in [4.69, 9.17) is 5.11 Å². The Morgan fingerprint density at radius 2 is 2.08 bits per heavy atom. The van der Waals surface area contributed by atoms with Gasteiger partial charge in [0.25, 0.3) is 0 Å². The molecule has 1 N–H and O–H groups in total. The summed E-state index contributed by atoms with van der Waals surface area (Å²) in [5.74, 6) is -1.58. The third-order valence-corrected chi connectivity index (χ3v) is 1.37. The van der Waals surface area contributed by atoms with Crippen molar-refractivity contribution in [2.75, 3.05) is 0 Å². The van der Waals surface area contributed by atoms with Crippen LogP contribution < -0.4 is 4.74 Å². The molecule has 0 aliphatic rings. The normalized spacial score (nSPS) is 9.31. The van der Waals surface area contributed by atoms with Gasteiger partial charge in [-0.3, -0.25) is 4.79 Å². The van der Waals surface area contributed by atoms with E-state index in [1.165, 1.54) is 19.1 Å². The van der Waals surface area contributed by atoms with Crippen LogP contribution >= 0.6 is 0 Å². The van der Waals surface area contributed by atoms with Gasteiger partial charge >= 0.3 is 11.9 Å². The zero-order valence-corrected chi connectivity index (χ0v) is 6.98. The highest BCUT2D eigenvalue weighted by atomic mass is 16.6. The molecule has 0 unspecified atom stereocenters. The lowest BCUT2D eigenvalue weighted by Gasteiger charge is -2.03. The van der Waals surface area contributed by atoms with Crippen LogP contribution in [0.1, 0.15) is 17.3 Å². The predicted molar refractivity (Wildman–Crippen MR) is 44.7 cm³/mol. The summed E-state index contributed by atoms with van der Waals surface area (Å²) in [6.45, 7) is 1.22. The molecule has 68 valence electrons. The first-order chi connectivity index (χ1) is 6.11. The fraction of sp³-hybridized carbons (Fsp3) is 0.111. The van der Waals surface area contributed by atoms with Crippen molar-refractivity contribution < 1.29 is 19.4 Å². The Balaban J connectivity index is 3.04. The van der Waals surface area contributed by atoms with E-state index in [1.807, 2.05) is 0 Å². The number of carbonyl (C=O) groups excluding carboxylic acids is 1. The lowest BCUT2D eigenvalue weighted by atomic mass is 10.3. The maximum atomic E-state index is 10.6. The number of aromatic carboxylic acids is 1. The predicted octanol–water partition coefficient (Wildman–Crippen LogP) is 1.31. The quantitative estimate of drug-likeness (QED) is 0.553. The zero-order valence-electron chi connectivity index (χ0n) is 6.98. The minimum atomic E-state index is -1.11. The molecule has 1 aromatic rings. The van der Waals surface area contributed by atoms with Crippen LogP contribution in [0, 0.1) is 0 Å². The minimum absolute atomic E-state index is 0.0160. The van der Waals surface area contributed by atoms with E-state index < -0.39 is 11.9 Å². The average molecular weight is 182 g/mol. The van der Waals surface area contributed by atoms with Crippen LogP contribution in [0.25, 0.3) is 0 Å². The molecule has 0 spiro atoms. The Morgan fingerprint density at radius 1 is 1.46 bits per heavy atom. The van der Waals surface area contributed by atoms with Gasteiger partial charge in [0.15, 0.2) is 0 Å². The smallest absolute Gasteiger partial charge is 0.339 e. The lowest BCUT2D eigenvalue weighted by Crippen LogP contribution is -2.06. The number of esters is 1. The molecule has 1 rings (SSSR count). The second kappa shape index (κ2) is 3.71. The molecule has 13 heavy (non-hydrogen) atoms. The van der Waals surface area contributed by atoms with Crippen molar-refractivity contribution in [3.8, 4) is 5.75 Å². The molecule has 0 saturated carbocycles. The molecular weight excluding hydrogens is 174 g/mol. The van der Waals surface area contributed by atoms with Crippen LogP contribution in [0.3, 0.4) is 0 Å². The summed E-state index contributed by atoms with van der Waals surface area (Å²) in [7, 11) is 0. The van der Waals surface area contributed by atoms with Gasteiger partial charge in [-0.25, -0.2) is 4.79 Å². The van der Waals surface area contributed by atoms with Gasteiger partial charge in [0.2, 0.25) is 0 Å². The Bertz CT molecular complexity index is 343. The molecule has 0 saturated heterocycles. The van der Waals surface area contributed by atoms with Crippen molar-refractivity contribution in [1.29, 1.82) is 0 Å². The van der Waals surface area contributed by atoms with Gasteiger partial charge in [-0.1, -0.05) is 12.1 Å². The number of benzene rings is 1. The maximum absolute atomic E-state index is 10.6. The molecule has 0 aliphatic heterocycles. The highest BCUT2D eigenvalue weighted by molar-refractivity contribution is 5.91. The molecule has 0 heterocycles. The molecule has 0 aromatic heterocycles. The van der Waals surface area contributed by atoms with Crippen molar-refractivity contribution in [2.24, 2.45) is 0 Å². The van der Waals surface area contributed by atoms with Gasteiger partial charge in [0.05, 0.1) is 0 Å². The summed E-state index contributed by atoms with van der Waals surface area (Å²) in [5.41, 5.74) is -0.0160. The van der Waals surface area contributed by atoms with Gasteiger partial charge < -0.3 is 9.84 Å². The van der Waals surface area contributed by atoms with Crippen molar-refractivity contribution >= 4 is 11.9 Å². The fourth-order valence-corrected chi connectivity index (χ4v) is 0.887. The Labute approximate surface area is 74.8 Å². The van der Waals surface area contributed by atoms with Crippen LogP contribution in [-0.2, 0) is 4.79 Å². The van der Waals surface area contributed by atoms with Gasteiger partial charge in [0.1, 0.15) is 11.3 Å². The third kappa shape index (κ3) is 2.30. The number of rotatable bonds is 2. The van der Waals surface area contributed by atoms with E-state index in [-0.39, 0.29) is 11.3 Å². The highest BCUT2D eigenvalue weighted by Crippen LogP contribution is 2.17. The first-order valence-corrected chi connectivity index (χ1v) is 3.62. The van der Waals surface area contributed by atoms with E-state index >= 15 is 0 Å². The summed E-state index contributed by atoms with van der Waals surface area (Å²) < 4.78 is 4.69. The van der Waals surface area contributed by atoms with Gasteiger partial charge in [-0.15, -0.1) is 0 Å². The summed E-state index contributed by atoms with van der Waals surface area (Å²) in [6, 6.07) is 5.98. The Kier molecular flexibility index (Phi) is 2.64. The van der Waals surface area contributed by atoms with E-state index in [0.29, 0.717) is 0 Å². The van der Waals surface area contributed by atoms with Crippen LogP contribution in [-0.4, -0.2) is 17.0 Å². The van der Waals surface area contributed by atoms with E-state index in [0.717, 1.165) is 0 Å². The molecule has 1 aromatic carbocycles. The van der Waals surface area contributed by atoms with Gasteiger partial charge in [-0.2, -0.15) is 0 Å².